The van der Waals surface area contributed by atoms with E-state index < -0.39 is 0 Å². The van der Waals surface area contributed by atoms with Gasteiger partial charge in [0.1, 0.15) is 0 Å². The summed E-state index contributed by atoms with van der Waals surface area (Å²) in [6.45, 7) is 5.93. The van der Waals surface area contributed by atoms with Crippen LogP contribution < -0.4 is 15.5 Å². The lowest BCUT2D eigenvalue weighted by Crippen LogP contribution is -2.38. The first-order chi connectivity index (χ1) is 20.4. The molecule has 1 aromatic heterocycles. The molecule has 1 fully saturated rings. The van der Waals surface area contributed by atoms with E-state index >= 15 is 0 Å². The van der Waals surface area contributed by atoms with E-state index in [1.165, 1.54) is 0 Å². The largest absolute Gasteiger partial charge is 0.341 e. The van der Waals surface area contributed by atoms with Crippen LogP contribution in [0.5, 0.6) is 0 Å². The first-order valence-electron chi connectivity index (χ1n) is 14.4. The molecule has 2 aromatic carbocycles. The van der Waals surface area contributed by atoms with Crippen LogP contribution in [0.1, 0.15) is 59.7 Å². The highest BCUT2D eigenvalue weighted by molar-refractivity contribution is 5.98. The zero-order chi connectivity index (χ0) is 29.5. The van der Waals surface area contributed by atoms with Gasteiger partial charge in [-0.1, -0.05) is 24.3 Å². The van der Waals surface area contributed by atoms with Crippen molar-refractivity contribution in [3.8, 4) is 17.2 Å². The Hall–Kier alpha value is -4.62. The van der Waals surface area contributed by atoms with Crippen molar-refractivity contribution in [2.75, 3.05) is 24.5 Å². The van der Waals surface area contributed by atoms with E-state index in [9.17, 15) is 14.4 Å². The number of benzene rings is 2. The molecule has 3 aromatic rings. The average molecular weight is 566 g/mol. The van der Waals surface area contributed by atoms with E-state index in [0.717, 1.165) is 72.8 Å². The second-order valence-corrected chi connectivity index (χ2v) is 11.0. The molecule has 2 N–H and O–H groups in total. The summed E-state index contributed by atoms with van der Waals surface area (Å²) < 4.78 is 0. The van der Waals surface area contributed by atoms with Crippen molar-refractivity contribution >= 4 is 24.2 Å². The van der Waals surface area contributed by atoms with Crippen molar-refractivity contribution in [3.05, 3.63) is 77.1 Å². The number of nitrogens with zero attached hydrogens (tertiary/aromatic N) is 5. The molecule has 3 amide bonds. The van der Waals surface area contributed by atoms with Crippen LogP contribution in [0, 0.1) is 17.2 Å². The smallest absolute Gasteiger partial charge is 0.254 e. The van der Waals surface area contributed by atoms with Gasteiger partial charge in [-0.2, -0.15) is 5.26 Å². The van der Waals surface area contributed by atoms with Crippen molar-refractivity contribution in [2.45, 2.75) is 51.7 Å². The Balaban J connectivity index is 1.06. The van der Waals surface area contributed by atoms with Gasteiger partial charge in [0.15, 0.2) is 0 Å². The Morgan fingerprint density at radius 1 is 1.14 bits per heavy atom. The van der Waals surface area contributed by atoms with Crippen LogP contribution in [0.25, 0.3) is 11.1 Å². The molecule has 2 aliphatic heterocycles. The second kappa shape index (κ2) is 13.4. The predicted molar refractivity (Wildman–Crippen MR) is 158 cm³/mol. The van der Waals surface area contributed by atoms with Gasteiger partial charge >= 0.3 is 0 Å². The Bertz CT molecular complexity index is 1480. The second-order valence-electron chi connectivity index (χ2n) is 11.0. The Morgan fingerprint density at radius 2 is 1.93 bits per heavy atom. The standard InChI is InChI=1S/C32H35N7O3/c1-22(5-8-30(41)37-21-40)39-20-27-14-25(6-7-29(27)31(39)42)17-34-16-23-9-11-38(12-10-23)32-35-18-28(19-36-32)26-4-2-3-24(13-26)15-33/h2-4,6-7,13-14,18-19,21-23,34H,5,8-12,16-17,20H2,1H3,(H,37,40,41). The van der Waals surface area contributed by atoms with Crippen LogP contribution in [0.15, 0.2) is 54.9 Å². The molecule has 0 saturated carbocycles. The van der Waals surface area contributed by atoms with Crippen LogP contribution in [0.2, 0.25) is 0 Å². The van der Waals surface area contributed by atoms with Crippen molar-refractivity contribution < 1.29 is 14.4 Å². The fraction of sp³-hybridized carbons (Fsp3) is 0.375. The molecule has 42 heavy (non-hydrogen) atoms. The number of fused-ring (bicyclic) bond motifs is 1. The summed E-state index contributed by atoms with van der Waals surface area (Å²) in [5, 5.41) is 14.9. The number of carbonyl (C=O) groups is 3. The molecule has 2 aliphatic rings. The van der Waals surface area contributed by atoms with E-state index in [1.54, 1.807) is 11.0 Å². The minimum absolute atomic E-state index is 0.00798. The minimum atomic E-state index is -0.331. The minimum Gasteiger partial charge on any atom is -0.341 e. The normalized spacial score (nSPS) is 15.7. The maximum atomic E-state index is 12.9. The maximum absolute atomic E-state index is 12.9. The molecule has 1 unspecified atom stereocenters. The van der Waals surface area contributed by atoms with Gasteiger partial charge in [0, 0.05) is 62.2 Å². The Labute approximate surface area is 245 Å². The molecule has 0 bridgehead atoms. The number of nitriles is 1. The molecule has 1 atom stereocenters. The Morgan fingerprint density at radius 3 is 2.67 bits per heavy atom. The number of piperidine rings is 1. The third-order valence-corrected chi connectivity index (χ3v) is 8.17. The van der Waals surface area contributed by atoms with E-state index in [1.807, 2.05) is 49.6 Å². The summed E-state index contributed by atoms with van der Waals surface area (Å²) in [5.74, 6) is 0.966. The molecule has 216 valence electrons. The van der Waals surface area contributed by atoms with E-state index in [0.29, 0.717) is 30.9 Å². The van der Waals surface area contributed by atoms with Crippen molar-refractivity contribution in [3.63, 3.8) is 0 Å². The lowest BCUT2D eigenvalue weighted by molar-refractivity contribution is -0.125. The number of nitrogens with one attached hydrogen (secondary N) is 2. The van der Waals surface area contributed by atoms with E-state index in [-0.39, 0.29) is 24.3 Å². The number of anilines is 1. The monoisotopic (exact) mass is 565 g/mol. The molecule has 10 heteroatoms. The summed E-state index contributed by atoms with van der Waals surface area (Å²) in [7, 11) is 0. The van der Waals surface area contributed by atoms with Crippen molar-refractivity contribution in [1.29, 1.82) is 5.26 Å². The maximum Gasteiger partial charge on any atom is 0.254 e. The molecule has 0 aliphatic carbocycles. The molecular formula is C32H35N7O3. The summed E-state index contributed by atoms with van der Waals surface area (Å²) in [4.78, 5) is 48.2. The van der Waals surface area contributed by atoms with Crippen LogP contribution in [-0.4, -0.2) is 58.8 Å². The average Bonchev–Trinajstić information content (AvgIpc) is 3.36. The van der Waals surface area contributed by atoms with Crippen LogP contribution in [-0.2, 0) is 22.7 Å². The number of rotatable bonds is 11. The molecule has 1 saturated heterocycles. The molecule has 0 radical (unpaired) electrons. The quantitative estimate of drug-likeness (QED) is 0.338. The van der Waals surface area contributed by atoms with Crippen molar-refractivity contribution in [2.24, 2.45) is 5.92 Å². The number of imide groups is 1. The molecule has 10 nitrogen and oxygen atoms in total. The lowest BCUT2D eigenvalue weighted by Gasteiger charge is -2.32. The predicted octanol–water partition coefficient (Wildman–Crippen LogP) is 3.42. The first-order valence-corrected chi connectivity index (χ1v) is 14.4. The first kappa shape index (κ1) is 28.9. The highest BCUT2D eigenvalue weighted by Gasteiger charge is 2.31. The van der Waals surface area contributed by atoms with Gasteiger partial charge in [-0.25, -0.2) is 9.97 Å². The van der Waals surface area contributed by atoms with Crippen LogP contribution >= 0.6 is 0 Å². The molecule has 3 heterocycles. The van der Waals surface area contributed by atoms with Gasteiger partial charge in [0.25, 0.3) is 5.91 Å². The number of amides is 3. The number of hydrogen-bond acceptors (Lipinski definition) is 8. The zero-order valence-corrected chi connectivity index (χ0v) is 23.8. The number of hydrogen-bond donors (Lipinski definition) is 2. The van der Waals surface area contributed by atoms with E-state index in [2.05, 4.69) is 37.6 Å². The fourth-order valence-electron chi connectivity index (χ4n) is 5.66. The van der Waals surface area contributed by atoms with Gasteiger partial charge < -0.3 is 15.1 Å². The third-order valence-electron chi connectivity index (χ3n) is 8.17. The third kappa shape index (κ3) is 6.81. The van der Waals surface area contributed by atoms with Gasteiger partial charge in [-0.05, 0) is 73.5 Å². The molecular weight excluding hydrogens is 530 g/mol. The fourth-order valence-corrected chi connectivity index (χ4v) is 5.66. The summed E-state index contributed by atoms with van der Waals surface area (Å²) in [6, 6.07) is 15.5. The van der Waals surface area contributed by atoms with Crippen LogP contribution in [0.3, 0.4) is 0 Å². The highest BCUT2D eigenvalue weighted by atomic mass is 16.2. The summed E-state index contributed by atoms with van der Waals surface area (Å²) >= 11 is 0. The molecule has 0 spiro atoms. The van der Waals surface area contributed by atoms with Gasteiger partial charge in [0.05, 0.1) is 11.6 Å². The zero-order valence-electron chi connectivity index (χ0n) is 23.8. The van der Waals surface area contributed by atoms with Gasteiger partial charge in [0.2, 0.25) is 18.3 Å². The van der Waals surface area contributed by atoms with Crippen molar-refractivity contribution in [1.82, 2.24) is 25.5 Å². The van der Waals surface area contributed by atoms with Gasteiger partial charge in [-0.3, -0.25) is 19.7 Å². The van der Waals surface area contributed by atoms with Crippen LogP contribution in [0.4, 0.5) is 5.95 Å². The van der Waals surface area contributed by atoms with Gasteiger partial charge in [-0.15, -0.1) is 0 Å². The topological polar surface area (TPSA) is 131 Å². The highest BCUT2D eigenvalue weighted by Crippen LogP contribution is 2.27. The number of aromatic nitrogens is 2. The number of carbonyl (C=O) groups excluding carboxylic acids is 3. The molecule has 5 rings (SSSR count). The SMILES string of the molecule is CC(CCC(=O)NC=O)N1Cc2cc(CNCC3CCN(c4ncc(-c5cccc(C#N)c5)cn4)CC3)ccc2C1=O. The summed E-state index contributed by atoms with van der Waals surface area (Å²) in [5.41, 5.74) is 5.33. The van der Waals surface area contributed by atoms with E-state index in [4.69, 9.17) is 5.26 Å². The summed E-state index contributed by atoms with van der Waals surface area (Å²) in [6.07, 6.45) is 6.85. The Kier molecular flexibility index (Phi) is 9.19. The lowest BCUT2D eigenvalue weighted by atomic mass is 9.97.